The molecule has 3 aromatic rings. The second-order valence-corrected chi connectivity index (χ2v) is 6.53. The molecule has 0 atom stereocenters. The molecule has 0 N–H and O–H groups in total. The van der Waals surface area contributed by atoms with E-state index in [9.17, 15) is 4.79 Å². The molecule has 1 aliphatic rings. The van der Waals surface area contributed by atoms with Crippen molar-refractivity contribution in [1.29, 1.82) is 0 Å². The highest BCUT2D eigenvalue weighted by molar-refractivity contribution is 5.79. The standard InChI is InChI=1S/C20H21N5O/c26-20(13-18-14-21-7-8-22-18)25-11-9-24(10-12-25)15-17-6-5-16-3-1-2-4-19(16)23-17/h1-8,14H,9-13,15H2. The van der Waals surface area contributed by atoms with Crippen LogP contribution in [0.5, 0.6) is 0 Å². The number of pyridine rings is 1. The number of hydrogen-bond acceptors (Lipinski definition) is 5. The summed E-state index contributed by atoms with van der Waals surface area (Å²) in [6.45, 7) is 4.03. The van der Waals surface area contributed by atoms with Gasteiger partial charge >= 0.3 is 0 Å². The number of carbonyl (C=O) groups excluding carboxylic acids is 1. The summed E-state index contributed by atoms with van der Waals surface area (Å²) in [4.78, 5) is 29.6. The van der Waals surface area contributed by atoms with Crippen molar-refractivity contribution in [2.24, 2.45) is 0 Å². The SMILES string of the molecule is O=C(Cc1cnccn1)N1CCN(Cc2ccc3ccccc3n2)CC1. The number of carbonyl (C=O) groups is 1. The molecule has 132 valence electrons. The first-order valence-corrected chi connectivity index (χ1v) is 8.87. The minimum atomic E-state index is 0.119. The van der Waals surface area contributed by atoms with E-state index in [4.69, 9.17) is 4.98 Å². The van der Waals surface area contributed by atoms with Crippen molar-refractivity contribution in [3.8, 4) is 0 Å². The molecule has 1 amide bonds. The lowest BCUT2D eigenvalue weighted by molar-refractivity contribution is -0.132. The first-order valence-electron chi connectivity index (χ1n) is 8.87. The van der Waals surface area contributed by atoms with E-state index in [-0.39, 0.29) is 5.91 Å². The molecule has 1 aromatic carbocycles. The Bertz CT molecular complexity index is 891. The third kappa shape index (κ3) is 3.86. The van der Waals surface area contributed by atoms with Gasteiger partial charge in [0.15, 0.2) is 0 Å². The fourth-order valence-electron chi connectivity index (χ4n) is 3.27. The summed E-state index contributed by atoms with van der Waals surface area (Å²) in [5.74, 6) is 0.119. The van der Waals surface area contributed by atoms with Gasteiger partial charge in [-0.1, -0.05) is 24.3 Å². The normalized spacial score (nSPS) is 15.3. The Morgan fingerprint density at radius 1 is 0.962 bits per heavy atom. The van der Waals surface area contributed by atoms with Crippen LogP contribution in [0.2, 0.25) is 0 Å². The molecule has 0 unspecified atom stereocenters. The second kappa shape index (κ2) is 7.58. The van der Waals surface area contributed by atoms with Gasteiger partial charge in [-0.05, 0) is 12.1 Å². The number of aromatic nitrogens is 3. The van der Waals surface area contributed by atoms with E-state index in [1.807, 2.05) is 23.1 Å². The van der Waals surface area contributed by atoms with Crippen LogP contribution in [-0.2, 0) is 17.8 Å². The summed E-state index contributed by atoms with van der Waals surface area (Å²) in [5, 5.41) is 1.16. The Morgan fingerprint density at radius 2 is 1.81 bits per heavy atom. The largest absolute Gasteiger partial charge is 0.340 e. The molecular weight excluding hydrogens is 326 g/mol. The van der Waals surface area contributed by atoms with Crippen LogP contribution in [0.25, 0.3) is 10.9 Å². The highest BCUT2D eigenvalue weighted by atomic mass is 16.2. The molecule has 0 saturated carbocycles. The fraction of sp³-hybridized carbons (Fsp3) is 0.300. The minimum Gasteiger partial charge on any atom is -0.340 e. The maximum atomic E-state index is 12.4. The molecule has 1 saturated heterocycles. The van der Waals surface area contributed by atoms with Gasteiger partial charge in [0.1, 0.15) is 0 Å². The molecule has 6 heteroatoms. The summed E-state index contributed by atoms with van der Waals surface area (Å²) < 4.78 is 0. The van der Waals surface area contributed by atoms with Crippen LogP contribution in [-0.4, -0.2) is 56.8 Å². The van der Waals surface area contributed by atoms with E-state index in [1.165, 1.54) is 0 Å². The van der Waals surface area contributed by atoms with Crippen molar-refractivity contribution in [2.45, 2.75) is 13.0 Å². The molecule has 26 heavy (non-hydrogen) atoms. The van der Waals surface area contributed by atoms with Gasteiger partial charge < -0.3 is 4.90 Å². The molecular formula is C20H21N5O. The minimum absolute atomic E-state index is 0.119. The highest BCUT2D eigenvalue weighted by Crippen LogP contribution is 2.14. The first-order chi connectivity index (χ1) is 12.8. The topological polar surface area (TPSA) is 62.2 Å². The lowest BCUT2D eigenvalue weighted by atomic mass is 10.2. The summed E-state index contributed by atoms with van der Waals surface area (Å²) in [5.41, 5.74) is 2.83. The van der Waals surface area contributed by atoms with Crippen LogP contribution < -0.4 is 0 Å². The zero-order valence-corrected chi connectivity index (χ0v) is 14.6. The third-order valence-corrected chi connectivity index (χ3v) is 4.72. The zero-order valence-electron chi connectivity index (χ0n) is 14.6. The zero-order chi connectivity index (χ0) is 17.8. The van der Waals surface area contributed by atoms with Gasteiger partial charge in [0.05, 0.1) is 23.3 Å². The maximum absolute atomic E-state index is 12.4. The molecule has 3 heterocycles. The predicted molar refractivity (Wildman–Crippen MR) is 99.3 cm³/mol. The van der Waals surface area contributed by atoms with Gasteiger partial charge in [0, 0.05) is 56.7 Å². The molecule has 1 fully saturated rings. The number of fused-ring (bicyclic) bond motifs is 1. The van der Waals surface area contributed by atoms with Gasteiger partial charge in [0.2, 0.25) is 5.91 Å². The summed E-state index contributed by atoms with van der Waals surface area (Å²) >= 11 is 0. The molecule has 0 spiro atoms. The number of rotatable bonds is 4. The van der Waals surface area contributed by atoms with Gasteiger partial charge in [-0.15, -0.1) is 0 Å². The Hall–Kier alpha value is -2.86. The Morgan fingerprint density at radius 3 is 2.62 bits per heavy atom. The molecule has 4 rings (SSSR count). The highest BCUT2D eigenvalue weighted by Gasteiger charge is 2.21. The van der Waals surface area contributed by atoms with Crippen LogP contribution in [0, 0.1) is 0 Å². The Kier molecular flexibility index (Phi) is 4.84. The Balaban J connectivity index is 1.32. The van der Waals surface area contributed by atoms with Crippen molar-refractivity contribution in [1.82, 2.24) is 24.8 Å². The van der Waals surface area contributed by atoms with Crippen molar-refractivity contribution in [2.75, 3.05) is 26.2 Å². The third-order valence-electron chi connectivity index (χ3n) is 4.72. The van der Waals surface area contributed by atoms with Crippen molar-refractivity contribution in [3.63, 3.8) is 0 Å². The van der Waals surface area contributed by atoms with E-state index in [0.717, 1.165) is 55.0 Å². The molecule has 0 radical (unpaired) electrons. The lowest BCUT2D eigenvalue weighted by Gasteiger charge is -2.34. The number of amides is 1. The van der Waals surface area contributed by atoms with Gasteiger partial charge in [-0.3, -0.25) is 24.6 Å². The number of hydrogen-bond donors (Lipinski definition) is 0. The molecule has 1 aliphatic heterocycles. The van der Waals surface area contributed by atoms with Gasteiger partial charge in [-0.25, -0.2) is 0 Å². The summed E-state index contributed by atoms with van der Waals surface area (Å²) in [6, 6.07) is 12.4. The quantitative estimate of drug-likeness (QED) is 0.721. The first kappa shape index (κ1) is 16.6. The maximum Gasteiger partial charge on any atom is 0.228 e. The fourth-order valence-corrected chi connectivity index (χ4v) is 3.27. The second-order valence-electron chi connectivity index (χ2n) is 6.53. The predicted octanol–water partition coefficient (Wildman–Crippen LogP) is 1.91. The van der Waals surface area contributed by atoms with Crippen LogP contribution in [0.1, 0.15) is 11.4 Å². The van der Waals surface area contributed by atoms with Crippen LogP contribution >= 0.6 is 0 Å². The summed E-state index contributed by atoms with van der Waals surface area (Å²) in [7, 11) is 0. The van der Waals surface area contributed by atoms with Crippen molar-refractivity contribution < 1.29 is 4.79 Å². The van der Waals surface area contributed by atoms with E-state index < -0.39 is 0 Å². The van der Waals surface area contributed by atoms with Crippen LogP contribution in [0.15, 0.2) is 55.0 Å². The van der Waals surface area contributed by atoms with E-state index in [0.29, 0.717) is 6.42 Å². The number of piperazine rings is 1. The lowest BCUT2D eigenvalue weighted by Crippen LogP contribution is -2.48. The van der Waals surface area contributed by atoms with Gasteiger partial charge in [0.25, 0.3) is 0 Å². The molecule has 0 bridgehead atoms. The average Bonchev–Trinajstić information content (AvgIpc) is 2.69. The molecule has 2 aromatic heterocycles. The Labute approximate surface area is 152 Å². The number of para-hydroxylation sites is 1. The molecule has 0 aliphatic carbocycles. The number of benzene rings is 1. The van der Waals surface area contributed by atoms with Gasteiger partial charge in [-0.2, -0.15) is 0 Å². The average molecular weight is 347 g/mol. The van der Waals surface area contributed by atoms with Crippen molar-refractivity contribution in [3.05, 3.63) is 66.4 Å². The van der Waals surface area contributed by atoms with Crippen molar-refractivity contribution >= 4 is 16.8 Å². The monoisotopic (exact) mass is 347 g/mol. The van der Waals surface area contributed by atoms with Crippen LogP contribution in [0.3, 0.4) is 0 Å². The molecule has 6 nitrogen and oxygen atoms in total. The van der Waals surface area contributed by atoms with Crippen LogP contribution in [0.4, 0.5) is 0 Å². The van der Waals surface area contributed by atoms with E-state index >= 15 is 0 Å². The van der Waals surface area contributed by atoms with E-state index in [1.54, 1.807) is 18.6 Å². The van der Waals surface area contributed by atoms with E-state index in [2.05, 4.69) is 33.1 Å². The number of nitrogens with zero attached hydrogens (tertiary/aromatic N) is 5. The summed E-state index contributed by atoms with van der Waals surface area (Å²) in [6.07, 6.45) is 5.21. The smallest absolute Gasteiger partial charge is 0.228 e.